The first-order valence-corrected chi connectivity index (χ1v) is 6.15. The van der Waals surface area contributed by atoms with Gasteiger partial charge in [-0.05, 0) is 33.5 Å². The SMILES string of the molecule is NCc1ccc(-c2ccc3ccccc3c2)cc1. The number of rotatable bonds is 2. The van der Waals surface area contributed by atoms with Crippen molar-refractivity contribution in [3.8, 4) is 11.1 Å². The highest BCUT2D eigenvalue weighted by molar-refractivity contribution is 5.87. The molecule has 1 nitrogen and oxygen atoms in total. The number of fused-ring (bicyclic) bond motifs is 1. The molecule has 0 saturated heterocycles. The van der Waals surface area contributed by atoms with Crippen molar-refractivity contribution >= 4 is 10.8 Å². The van der Waals surface area contributed by atoms with Crippen LogP contribution in [0.15, 0.2) is 66.7 Å². The molecule has 0 amide bonds. The summed E-state index contributed by atoms with van der Waals surface area (Å²) >= 11 is 0. The molecule has 0 bridgehead atoms. The largest absolute Gasteiger partial charge is 0.326 e. The molecule has 3 rings (SSSR count). The van der Waals surface area contributed by atoms with Gasteiger partial charge >= 0.3 is 0 Å². The maximum Gasteiger partial charge on any atom is 0.0178 e. The van der Waals surface area contributed by atoms with Crippen molar-refractivity contribution in [1.29, 1.82) is 0 Å². The number of nitrogens with two attached hydrogens (primary N) is 1. The lowest BCUT2D eigenvalue weighted by Crippen LogP contribution is -1.95. The molecule has 0 aliphatic rings. The molecule has 0 spiro atoms. The van der Waals surface area contributed by atoms with Crippen molar-refractivity contribution in [1.82, 2.24) is 0 Å². The van der Waals surface area contributed by atoms with Gasteiger partial charge in [-0.3, -0.25) is 0 Å². The Bertz CT molecular complexity index is 669. The van der Waals surface area contributed by atoms with Gasteiger partial charge in [0.2, 0.25) is 0 Å². The highest BCUT2D eigenvalue weighted by atomic mass is 14.5. The van der Waals surface area contributed by atoms with E-state index >= 15 is 0 Å². The van der Waals surface area contributed by atoms with E-state index in [2.05, 4.69) is 66.7 Å². The third-order valence-electron chi connectivity index (χ3n) is 3.27. The van der Waals surface area contributed by atoms with E-state index in [9.17, 15) is 0 Å². The Balaban J connectivity index is 2.07. The third kappa shape index (κ3) is 2.01. The first-order chi connectivity index (χ1) is 8.86. The molecule has 88 valence electrons. The molecule has 18 heavy (non-hydrogen) atoms. The fourth-order valence-corrected chi connectivity index (χ4v) is 2.20. The van der Waals surface area contributed by atoms with E-state index in [0.29, 0.717) is 6.54 Å². The summed E-state index contributed by atoms with van der Waals surface area (Å²) < 4.78 is 0. The number of hydrogen-bond donors (Lipinski definition) is 1. The lowest BCUT2D eigenvalue weighted by Gasteiger charge is -2.05. The molecule has 0 unspecified atom stereocenters. The lowest BCUT2D eigenvalue weighted by molar-refractivity contribution is 1.07. The van der Waals surface area contributed by atoms with Gasteiger partial charge in [-0.15, -0.1) is 0 Å². The Morgan fingerprint density at radius 2 is 1.33 bits per heavy atom. The topological polar surface area (TPSA) is 26.0 Å². The fourth-order valence-electron chi connectivity index (χ4n) is 2.20. The van der Waals surface area contributed by atoms with E-state index in [4.69, 9.17) is 5.73 Å². The van der Waals surface area contributed by atoms with Gasteiger partial charge < -0.3 is 5.73 Å². The van der Waals surface area contributed by atoms with Crippen LogP contribution in [0.4, 0.5) is 0 Å². The van der Waals surface area contributed by atoms with Crippen LogP contribution in [0.2, 0.25) is 0 Å². The van der Waals surface area contributed by atoms with Crippen molar-refractivity contribution in [2.75, 3.05) is 0 Å². The van der Waals surface area contributed by atoms with Crippen LogP contribution in [0.25, 0.3) is 21.9 Å². The third-order valence-corrected chi connectivity index (χ3v) is 3.27. The Morgan fingerprint density at radius 1 is 0.667 bits per heavy atom. The normalized spacial score (nSPS) is 10.7. The first kappa shape index (κ1) is 11.0. The molecule has 3 aromatic rings. The second-order valence-electron chi connectivity index (χ2n) is 4.46. The van der Waals surface area contributed by atoms with Crippen molar-refractivity contribution < 1.29 is 0 Å². The van der Waals surface area contributed by atoms with Crippen molar-refractivity contribution in [2.45, 2.75) is 6.54 Å². The lowest BCUT2D eigenvalue weighted by atomic mass is 10.0. The van der Waals surface area contributed by atoms with Crippen molar-refractivity contribution in [3.63, 3.8) is 0 Å². The van der Waals surface area contributed by atoms with Crippen molar-refractivity contribution in [3.05, 3.63) is 72.3 Å². The van der Waals surface area contributed by atoms with Gasteiger partial charge in [-0.1, -0.05) is 60.7 Å². The number of benzene rings is 3. The molecule has 0 fully saturated rings. The average molecular weight is 233 g/mol. The van der Waals surface area contributed by atoms with Gasteiger partial charge in [0.25, 0.3) is 0 Å². The standard InChI is InChI=1S/C17H15N/c18-12-13-5-7-15(8-6-13)17-10-9-14-3-1-2-4-16(14)11-17/h1-11H,12,18H2. The molecule has 3 aromatic carbocycles. The molecule has 0 heterocycles. The quantitative estimate of drug-likeness (QED) is 0.712. The van der Waals surface area contributed by atoms with Crippen LogP contribution in [-0.2, 0) is 6.54 Å². The van der Waals surface area contributed by atoms with Gasteiger partial charge in [0.05, 0.1) is 0 Å². The Labute approximate surface area is 107 Å². The summed E-state index contributed by atoms with van der Waals surface area (Å²) in [5.41, 5.74) is 9.26. The second kappa shape index (κ2) is 4.63. The van der Waals surface area contributed by atoms with E-state index < -0.39 is 0 Å². The minimum absolute atomic E-state index is 0.595. The molecule has 1 heteroatoms. The van der Waals surface area contributed by atoms with E-state index in [1.165, 1.54) is 27.5 Å². The molecule has 0 saturated carbocycles. The molecule has 0 aromatic heterocycles. The minimum atomic E-state index is 0.595. The van der Waals surface area contributed by atoms with E-state index in [1.54, 1.807) is 0 Å². The monoisotopic (exact) mass is 233 g/mol. The maximum atomic E-state index is 5.61. The summed E-state index contributed by atoms with van der Waals surface area (Å²) in [6.45, 7) is 0.595. The Morgan fingerprint density at radius 3 is 2.06 bits per heavy atom. The molecule has 0 radical (unpaired) electrons. The summed E-state index contributed by atoms with van der Waals surface area (Å²) in [4.78, 5) is 0. The van der Waals surface area contributed by atoms with E-state index in [1.807, 2.05) is 0 Å². The van der Waals surface area contributed by atoms with Crippen LogP contribution < -0.4 is 5.73 Å². The van der Waals surface area contributed by atoms with Gasteiger partial charge in [0, 0.05) is 6.54 Å². The fraction of sp³-hybridized carbons (Fsp3) is 0.0588. The zero-order valence-electron chi connectivity index (χ0n) is 10.1. The van der Waals surface area contributed by atoms with Crippen LogP contribution in [0.1, 0.15) is 5.56 Å². The van der Waals surface area contributed by atoms with Crippen LogP contribution in [-0.4, -0.2) is 0 Å². The zero-order chi connectivity index (χ0) is 12.4. The highest BCUT2D eigenvalue weighted by Gasteiger charge is 1.99. The average Bonchev–Trinajstić information content (AvgIpc) is 2.47. The Kier molecular flexibility index (Phi) is 2.83. The predicted molar refractivity (Wildman–Crippen MR) is 77.3 cm³/mol. The molecule has 0 aliphatic heterocycles. The molecule has 2 N–H and O–H groups in total. The summed E-state index contributed by atoms with van der Waals surface area (Å²) in [6, 6.07) is 23.4. The van der Waals surface area contributed by atoms with Crippen molar-refractivity contribution in [2.24, 2.45) is 5.73 Å². The summed E-state index contributed by atoms with van der Waals surface area (Å²) in [5.74, 6) is 0. The van der Waals surface area contributed by atoms with Gasteiger partial charge in [0.1, 0.15) is 0 Å². The van der Waals surface area contributed by atoms with Crippen LogP contribution >= 0.6 is 0 Å². The summed E-state index contributed by atoms with van der Waals surface area (Å²) in [5, 5.41) is 2.55. The first-order valence-electron chi connectivity index (χ1n) is 6.15. The minimum Gasteiger partial charge on any atom is -0.326 e. The summed E-state index contributed by atoms with van der Waals surface area (Å²) in [6.07, 6.45) is 0. The van der Waals surface area contributed by atoms with Crippen LogP contribution in [0.5, 0.6) is 0 Å². The smallest absolute Gasteiger partial charge is 0.0178 e. The molecular formula is C17H15N. The van der Waals surface area contributed by atoms with Crippen LogP contribution in [0.3, 0.4) is 0 Å². The Hall–Kier alpha value is -2.12. The predicted octanol–water partition coefficient (Wildman–Crippen LogP) is 3.97. The number of hydrogen-bond acceptors (Lipinski definition) is 1. The highest BCUT2D eigenvalue weighted by Crippen LogP contribution is 2.24. The van der Waals surface area contributed by atoms with Gasteiger partial charge in [-0.25, -0.2) is 0 Å². The van der Waals surface area contributed by atoms with Gasteiger partial charge in [-0.2, -0.15) is 0 Å². The molecule has 0 atom stereocenters. The molecular weight excluding hydrogens is 218 g/mol. The van der Waals surface area contributed by atoms with E-state index in [-0.39, 0.29) is 0 Å². The second-order valence-corrected chi connectivity index (χ2v) is 4.46. The van der Waals surface area contributed by atoms with E-state index in [0.717, 1.165) is 0 Å². The zero-order valence-corrected chi connectivity index (χ0v) is 10.1. The maximum absolute atomic E-state index is 5.61. The van der Waals surface area contributed by atoms with Crippen LogP contribution in [0, 0.1) is 0 Å². The summed E-state index contributed by atoms with van der Waals surface area (Å²) in [7, 11) is 0. The molecule has 0 aliphatic carbocycles. The van der Waals surface area contributed by atoms with Gasteiger partial charge in [0.15, 0.2) is 0 Å².